The van der Waals surface area contributed by atoms with Crippen molar-refractivity contribution in [2.75, 3.05) is 129 Å². The van der Waals surface area contributed by atoms with Crippen molar-refractivity contribution in [3.63, 3.8) is 0 Å². The highest BCUT2D eigenvalue weighted by Gasteiger charge is 2.46. The first kappa shape index (κ1) is 61.5. The van der Waals surface area contributed by atoms with Crippen LogP contribution in [0.5, 0.6) is 11.5 Å². The molecule has 3 aromatic carbocycles. The molecule has 4 aliphatic heterocycles. The van der Waals surface area contributed by atoms with E-state index in [-0.39, 0.29) is 35.7 Å². The van der Waals surface area contributed by atoms with E-state index in [1.54, 1.807) is 0 Å². The standard InChI is InChI=1S/C50H72N10O20/c61-27-35-39(63)43(67)45(69)49(79-35)77-33-23-29(21-31(25-33)59(73)74)47(71)53-7-3-11-57-17-13-55(14-18-57)9-1-5-51-37-38(42(66)41(37)65)52-6-2-10-56-15-19-58(20-16-56)12-4-8-54-48(72)30-22-32(60(75)76)26-34(24-30)78-50-46(70)44(68)40(64)36(28-62)80-50/h21-26,35-36,39-40,43-46,49-52,61-64,67-70H,1-20,27-28H2,(H,53,71)(H,54,72)/t35-,36?,39+,40?,43+,44?,45-,46?,49+,50?/m1/s1. The van der Waals surface area contributed by atoms with Crippen LogP contribution in [0.25, 0.3) is 0 Å². The van der Waals surface area contributed by atoms with Crippen LogP contribution in [0.2, 0.25) is 0 Å². The van der Waals surface area contributed by atoms with E-state index < -0.39 is 119 Å². The van der Waals surface area contributed by atoms with Gasteiger partial charge in [-0.1, -0.05) is 0 Å². The summed E-state index contributed by atoms with van der Waals surface area (Å²) in [6, 6.07) is 6.63. The van der Waals surface area contributed by atoms with Crippen molar-refractivity contribution in [1.29, 1.82) is 0 Å². The van der Waals surface area contributed by atoms with E-state index in [4.69, 9.17) is 18.9 Å². The van der Waals surface area contributed by atoms with Crippen molar-refractivity contribution >= 4 is 34.6 Å². The first-order chi connectivity index (χ1) is 38.3. The summed E-state index contributed by atoms with van der Waals surface area (Å²) in [6.07, 6.45) is -13.3. The highest BCUT2D eigenvalue weighted by Crippen LogP contribution is 2.30. The number of nitro groups is 2. The number of carbonyl (C=O) groups is 2. The molecule has 12 N–H and O–H groups in total. The average molecular weight is 1130 g/mol. The van der Waals surface area contributed by atoms with Gasteiger partial charge in [-0.15, -0.1) is 0 Å². The molecule has 0 aliphatic carbocycles. The molecule has 80 heavy (non-hydrogen) atoms. The Morgan fingerprint density at radius 3 is 1.15 bits per heavy atom. The lowest BCUT2D eigenvalue weighted by Gasteiger charge is -2.39. The number of piperazine rings is 2. The fourth-order valence-electron chi connectivity index (χ4n) is 9.82. The minimum atomic E-state index is -1.75. The maximum absolute atomic E-state index is 13.0. The molecular weight excluding hydrogens is 1060 g/mol. The number of carbonyl (C=O) groups excluding carboxylic acids is 2. The zero-order chi connectivity index (χ0) is 57.6. The Morgan fingerprint density at radius 1 is 0.512 bits per heavy atom. The quantitative estimate of drug-likeness (QED) is 0.0142. The van der Waals surface area contributed by atoms with Gasteiger partial charge in [0.1, 0.15) is 71.7 Å². The first-order valence-corrected chi connectivity index (χ1v) is 26.7. The summed E-state index contributed by atoms with van der Waals surface area (Å²) in [5, 5.41) is 115. The molecule has 4 heterocycles. The fourth-order valence-corrected chi connectivity index (χ4v) is 9.82. The van der Waals surface area contributed by atoms with Gasteiger partial charge in [-0.25, -0.2) is 0 Å². The van der Waals surface area contributed by atoms with Crippen molar-refractivity contribution < 1.29 is 79.2 Å². The number of hydrogen-bond acceptors (Lipinski definition) is 26. The number of hydrogen-bond donors (Lipinski definition) is 12. The van der Waals surface area contributed by atoms with Gasteiger partial charge in [0.15, 0.2) is 0 Å². The molecular formula is C50H72N10O20. The Kier molecular flexibility index (Phi) is 22.3. The van der Waals surface area contributed by atoms with Crippen molar-refractivity contribution in [2.45, 2.75) is 87.1 Å². The zero-order valence-electron chi connectivity index (χ0n) is 44.0. The highest BCUT2D eigenvalue weighted by molar-refractivity contribution is 5.96. The number of nitro benzene ring substituents is 2. The summed E-state index contributed by atoms with van der Waals surface area (Å²) in [6.45, 7) is 9.57. The van der Waals surface area contributed by atoms with E-state index in [9.17, 15) is 80.3 Å². The van der Waals surface area contributed by atoms with Gasteiger partial charge in [-0.3, -0.25) is 39.4 Å². The van der Waals surface area contributed by atoms with Gasteiger partial charge >= 0.3 is 0 Å². The molecule has 7 rings (SSSR count). The van der Waals surface area contributed by atoms with Gasteiger partial charge in [0.25, 0.3) is 34.0 Å². The predicted octanol–water partition coefficient (Wildman–Crippen LogP) is -4.06. The largest absolute Gasteiger partial charge is 0.462 e. The molecule has 4 aliphatic rings. The van der Waals surface area contributed by atoms with E-state index in [2.05, 4.69) is 40.9 Å². The molecule has 4 fully saturated rings. The summed E-state index contributed by atoms with van der Waals surface area (Å²) < 4.78 is 21.7. The smallest absolute Gasteiger partial charge is 0.273 e. The Morgan fingerprint density at radius 2 is 0.838 bits per heavy atom. The maximum Gasteiger partial charge on any atom is 0.273 e. The lowest BCUT2D eigenvalue weighted by atomic mass is 9.99. The number of aliphatic hydroxyl groups is 8. The molecule has 5 unspecified atom stereocenters. The van der Waals surface area contributed by atoms with Crippen molar-refractivity contribution in [3.8, 4) is 11.5 Å². The van der Waals surface area contributed by atoms with Crippen molar-refractivity contribution in [2.24, 2.45) is 0 Å². The Balaban J connectivity index is 0.723. The molecule has 0 bridgehead atoms. The number of nitrogens with zero attached hydrogens (tertiary/aromatic N) is 6. The summed E-state index contributed by atoms with van der Waals surface area (Å²) in [5.41, 5.74) is -1.58. The third-order valence-electron chi connectivity index (χ3n) is 14.5. The predicted molar refractivity (Wildman–Crippen MR) is 282 cm³/mol. The van der Waals surface area contributed by atoms with Gasteiger partial charge in [0.2, 0.25) is 12.6 Å². The first-order valence-electron chi connectivity index (χ1n) is 26.7. The Labute approximate surface area is 458 Å². The van der Waals surface area contributed by atoms with Crippen LogP contribution in [0.4, 0.5) is 22.7 Å². The molecule has 4 saturated heterocycles. The van der Waals surface area contributed by atoms with E-state index in [0.29, 0.717) is 50.4 Å². The molecule has 0 aromatic heterocycles. The third kappa shape index (κ3) is 16.1. The van der Waals surface area contributed by atoms with Gasteiger partial charge < -0.3 is 101 Å². The molecule has 30 nitrogen and oxygen atoms in total. The zero-order valence-corrected chi connectivity index (χ0v) is 44.0. The molecule has 30 heteroatoms. The number of amides is 2. The molecule has 0 radical (unpaired) electrons. The number of benzene rings is 2. The molecule has 3 aromatic rings. The summed E-state index contributed by atoms with van der Waals surface area (Å²) in [7, 11) is 0. The molecule has 2 amide bonds. The molecule has 10 atom stereocenters. The second kappa shape index (κ2) is 29.0. The number of anilines is 2. The van der Waals surface area contributed by atoms with Crippen LogP contribution in [0, 0.1) is 20.2 Å². The van der Waals surface area contributed by atoms with Gasteiger partial charge in [0, 0.05) is 102 Å². The van der Waals surface area contributed by atoms with Crippen LogP contribution >= 0.6 is 0 Å². The Hall–Kier alpha value is -6.10. The van der Waals surface area contributed by atoms with Crippen LogP contribution in [-0.4, -0.2) is 261 Å². The monoisotopic (exact) mass is 1130 g/mol. The fraction of sp³-hybridized carbons (Fsp3) is 0.640. The molecule has 0 saturated carbocycles. The van der Waals surface area contributed by atoms with Gasteiger partial charge in [-0.05, 0) is 64.0 Å². The summed E-state index contributed by atoms with van der Waals surface area (Å²) in [5.74, 6) is -1.61. The topological polar surface area (TPSA) is 414 Å². The Bertz CT molecular complexity index is 2450. The number of rotatable bonds is 28. The number of ether oxygens (including phenoxy) is 4. The number of nitrogens with one attached hydrogen (secondary N) is 4. The van der Waals surface area contributed by atoms with Crippen molar-refractivity contribution in [1.82, 2.24) is 30.2 Å². The van der Waals surface area contributed by atoms with E-state index in [0.717, 1.165) is 103 Å². The normalized spacial score (nSPS) is 26.1. The lowest BCUT2D eigenvalue weighted by molar-refractivity contribution is -0.385. The SMILES string of the molecule is O=C(NCCCN1CCN(CCCNc2c(NCCCN3CCN(CCCNC(=O)c4cc(O[C@H]5O[C@H](CO)[C@H](O)[C@H](O)[C@H]5O)cc([N+](=O)[O-])c4)CC3)c(=O)c2=O)CC1)c1cc(OC2OC(CO)C(O)C(O)C2O)cc([N+](=O)[O-])c1. The van der Waals surface area contributed by atoms with Gasteiger partial charge in [0.05, 0.1) is 35.2 Å². The van der Waals surface area contributed by atoms with Crippen molar-refractivity contribution in [3.05, 3.63) is 88.2 Å². The maximum atomic E-state index is 13.0. The van der Waals surface area contributed by atoms with Crippen LogP contribution < -0.4 is 41.6 Å². The summed E-state index contributed by atoms with van der Waals surface area (Å²) >= 11 is 0. The van der Waals surface area contributed by atoms with Crippen LogP contribution in [-0.2, 0) is 9.47 Å². The third-order valence-corrected chi connectivity index (χ3v) is 14.5. The molecule has 0 spiro atoms. The minimum Gasteiger partial charge on any atom is -0.462 e. The highest BCUT2D eigenvalue weighted by atomic mass is 16.7. The minimum absolute atomic E-state index is 0.0854. The second-order valence-corrected chi connectivity index (χ2v) is 20.1. The molecule has 442 valence electrons. The van der Waals surface area contributed by atoms with E-state index in [1.165, 1.54) is 12.1 Å². The van der Waals surface area contributed by atoms with E-state index in [1.807, 2.05) is 0 Å². The number of aliphatic hydroxyl groups excluding tert-OH is 8. The second-order valence-electron chi connectivity index (χ2n) is 20.1. The van der Waals surface area contributed by atoms with Crippen LogP contribution in [0.3, 0.4) is 0 Å². The summed E-state index contributed by atoms with van der Waals surface area (Å²) in [4.78, 5) is 81.9. The van der Waals surface area contributed by atoms with Crippen LogP contribution in [0.15, 0.2) is 46.0 Å². The average Bonchev–Trinajstić information content (AvgIpc) is 3.49. The van der Waals surface area contributed by atoms with Crippen LogP contribution in [0.1, 0.15) is 46.4 Å². The lowest BCUT2D eigenvalue weighted by Crippen LogP contribution is -2.60. The number of non-ortho nitro benzene ring substituents is 2. The van der Waals surface area contributed by atoms with E-state index >= 15 is 0 Å². The van der Waals surface area contributed by atoms with Gasteiger partial charge in [-0.2, -0.15) is 0 Å².